The third-order valence-corrected chi connectivity index (χ3v) is 7.07. The van der Waals surface area contributed by atoms with Gasteiger partial charge in [-0.1, -0.05) is 43.2 Å². The third kappa shape index (κ3) is 3.77. The highest BCUT2D eigenvalue weighted by Gasteiger charge is 2.32. The van der Waals surface area contributed by atoms with E-state index in [1.807, 2.05) is 36.1 Å². The number of para-hydroxylation sites is 1. The molecule has 2 fully saturated rings. The van der Waals surface area contributed by atoms with Crippen molar-refractivity contribution >= 4 is 28.6 Å². The monoisotopic (exact) mass is 385 g/mol. The molecule has 6 heteroatoms. The molecule has 0 N–H and O–H groups in total. The number of fused-ring (bicyclic) bond motifs is 2. The van der Waals surface area contributed by atoms with Crippen LogP contribution in [0.4, 0.5) is 0 Å². The van der Waals surface area contributed by atoms with E-state index in [0.717, 1.165) is 25.4 Å². The van der Waals surface area contributed by atoms with Crippen LogP contribution in [0, 0.1) is 11.8 Å². The van der Waals surface area contributed by atoms with Crippen molar-refractivity contribution in [3.63, 3.8) is 0 Å². The second-order valence-corrected chi connectivity index (χ2v) is 8.63. The number of hydrogen-bond donors (Lipinski definition) is 0. The zero-order valence-electron chi connectivity index (χ0n) is 15.9. The van der Waals surface area contributed by atoms with Gasteiger partial charge in [0.2, 0.25) is 5.91 Å². The van der Waals surface area contributed by atoms with E-state index < -0.39 is 0 Å². The summed E-state index contributed by atoms with van der Waals surface area (Å²) < 4.78 is 1.67. The molecule has 5 nitrogen and oxygen atoms in total. The Hall–Kier alpha value is -1.82. The van der Waals surface area contributed by atoms with E-state index in [2.05, 4.69) is 4.98 Å². The molecule has 2 aliphatic rings. The van der Waals surface area contributed by atoms with Gasteiger partial charge in [0.15, 0.2) is 5.16 Å². The van der Waals surface area contributed by atoms with E-state index in [-0.39, 0.29) is 11.5 Å². The minimum Gasteiger partial charge on any atom is -0.342 e. The number of benzene rings is 1. The molecular formula is C21H27N3O2S. The first-order valence-corrected chi connectivity index (χ1v) is 11.1. The van der Waals surface area contributed by atoms with Crippen molar-refractivity contribution in [1.29, 1.82) is 0 Å². The van der Waals surface area contributed by atoms with Crippen molar-refractivity contribution < 1.29 is 4.79 Å². The summed E-state index contributed by atoms with van der Waals surface area (Å²) in [5.41, 5.74) is 0.672. The number of thioether (sulfide) groups is 1. The van der Waals surface area contributed by atoms with Crippen LogP contribution in [0.25, 0.3) is 10.9 Å². The predicted octanol–water partition coefficient (Wildman–Crippen LogP) is 3.55. The topological polar surface area (TPSA) is 55.2 Å². The molecule has 1 aliphatic carbocycles. The fraction of sp³-hybridized carbons (Fsp3) is 0.571. The summed E-state index contributed by atoms with van der Waals surface area (Å²) in [6.45, 7) is 4.29. The molecule has 2 atom stereocenters. The number of amides is 1. The maximum absolute atomic E-state index is 12.8. The maximum Gasteiger partial charge on any atom is 0.262 e. The molecule has 0 unspecified atom stereocenters. The Morgan fingerprint density at radius 3 is 2.78 bits per heavy atom. The van der Waals surface area contributed by atoms with Crippen LogP contribution in [0.3, 0.4) is 0 Å². The summed E-state index contributed by atoms with van der Waals surface area (Å²) in [7, 11) is 0. The van der Waals surface area contributed by atoms with E-state index in [1.165, 1.54) is 37.4 Å². The Morgan fingerprint density at radius 2 is 1.96 bits per heavy atom. The summed E-state index contributed by atoms with van der Waals surface area (Å²) in [5, 5.41) is 1.27. The highest BCUT2D eigenvalue weighted by Crippen LogP contribution is 2.36. The first-order chi connectivity index (χ1) is 13.2. The summed E-state index contributed by atoms with van der Waals surface area (Å²) in [4.78, 5) is 32.2. The van der Waals surface area contributed by atoms with Crippen LogP contribution in [0.15, 0.2) is 34.2 Å². The van der Waals surface area contributed by atoms with Crippen LogP contribution < -0.4 is 5.56 Å². The van der Waals surface area contributed by atoms with Crippen LogP contribution >= 0.6 is 11.8 Å². The highest BCUT2D eigenvalue weighted by molar-refractivity contribution is 7.99. The normalized spacial score (nSPS) is 22.6. The molecule has 1 aromatic heterocycles. The molecule has 1 amide bonds. The number of likely N-dealkylation sites (tertiary alicyclic amines) is 1. The fourth-order valence-electron chi connectivity index (χ4n) is 4.58. The maximum atomic E-state index is 12.8. The Labute approximate surface area is 164 Å². The summed E-state index contributed by atoms with van der Waals surface area (Å²) in [6.07, 6.45) is 6.41. The number of aromatic nitrogens is 2. The van der Waals surface area contributed by atoms with Gasteiger partial charge in [0.05, 0.1) is 16.7 Å². The lowest BCUT2D eigenvalue weighted by Crippen LogP contribution is -2.45. The molecule has 1 saturated carbocycles. The second kappa shape index (κ2) is 8.05. The quantitative estimate of drug-likeness (QED) is 0.597. The van der Waals surface area contributed by atoms with Gasteiger partial charge < -0.3 is 4.90 Å². The van der Waals surface area contributed by atoms with Crippen LogP contribution in [-0.4, -0.2) is 39.2 Å². The Kier molecular flexibility index (Phi) is 5.53. The van der Waals surface area contributed by atoms with Crippen LogP contribution in [0.1, 0.15) is 39.0 Å². The van der Waals surface area contributed by atoms with E-state index in [0.29, 0.717) is 34.3 Å². The van der Waals surface area contributed by atoms with Crippen LogP contribution in [0.5, 0.6) is 0 Å². The van der Waals surface area contributed by atoms with Gasteiger partial charge >= 0.3 is 0 Å². The number of piperidine rings is 1. The Morgan fingerprint density at radius 1 is 1.19 bits per heavy atom. The smallest absolute Gasteiger partial charge is 0.262 e. The lowest BCUT2D eigenvalue weighted by molar-refractivity contribution is -0.131. The van der Waals surface area contributed by atoms with Gasteiger partial charge in [0.1, 0.15) is 0 Å². The molecule has 0 spiro atoms. The molecule has 1 aliphatic heterocycles. The lowest BCUT2D eigenvalue weighted by atomic mass is 9.75. The number of carbonyl (C=O) groups excluding carboxylic acids is 1. The Balaban J connectivity index is 1.47. The number of rotatable bonds is 4. The molecular weight excluding hydrogens is 358 g/mol. The lowest BCUT2D eigenvalue weighted by Gasteiger charge is -2.41. The van der Waals surface area contributed by atoms with Gasteiger partial charge in [-0.25, -0.2) is 4.98 Å². The van der Waals surface area contributed by atoms with Crippen molar-refractivity contribution in [3.05, 3.63) is 34.6 Å². The zero-order valence-corrected chi connectivity index (χ0v) is 16.7. The average molecular weight is 386 g/mol. The minimum atomic E-state index is -0.0268. The second-order valence-electron chi connectivity index (χ2n) is 7.68. The number of carbonyl (C=O) groups is 1. The summed E-state index contributed by atoms with van der Waals surface area (Å²) in [6, 6.07) is 7.41. The molecule has 2 aromatic rings. The van der Waals surface area contributed by atoms with Crippen molar-refractivity contribution in [2.75, 3.05) is 18.8 Å². The predicted molar refractivity (Wildman–Crippen MR) is 109 cm³/mol. The minimum absolute atomic E-state index is 0.0268. The zero-order chi connectivity index (χ0) is 18.8. The summed E-state index contributed by atoms with van der Waals surface area (Å²) >= 11 is 1.39. The SMILES string of the molecule is CCn1c(SCC(=O)N2CC[C@H]3CCCC[C@H]3C2)nc2ccccc2c1=O. The number of hydrogen-bond acceptors (Lipinski definition) is 4. The summed E-state index contributed by atoms with van der Waals surface area (Å²) in [5.74, 6) is 2.04. The van der Waals surface area contributed by atoms with E-state index in [9.17, 15) is 9.59 Å². The molecule has 1 saturated heterocycles. The standard InChI is InChI=1S/C21H27N3O2S/c1-2-24-20(26)17-9-5-6-10-18(17)22-21(24)27-14-19(25)23-12-11-15-7-3-4-8-16(15)13-23/h5-6,9-10,15-16H,2-4,7-8,11-14H2,1H3/t15-,16+/m1/s1. The van der Waals surface area contributed by atoms with Gasteiger partial charge in [-0.3, -0.25) is 14.2 Å². The Bertz CT molecular complexity index is 895. The molecule has 4 rings (SSSR count). The van der Waals surface area contributed by atoms with E-state index in [1.54, 1.807) is 4.57 Å². The highest BCUT2D eigenvalue weighted by atomic mass is 32.2. The number of nitrogens with zero attached hydrogens (tertiary/aromatic N) is 3. The van der Waals surface area contributed by atoms with Gasteiger partial charge in [-0.15, -0.1) is 0 Å². The molecule has 0 bridgehead atoms. The van der Waals surface area contributed by atoms with Gasteiger partial charge in [0, 0.05) is 19.6 Å². The molecule has 0 radical (unpaired) electrons. The first kappa shape index (κ1) is 18.5. The molecule has 1 aromatic carbocycles. The molecule has 144 valence electrons. The fourth-order valence-corrected chi connectivity index (χ4v) is 5.55. The van der Waals surface area contributed by atoms with Crippen molar-refractivity contribution in [2.24, 2.45) is 11.8 Å². The van der Waals surface area contributed by atoms with Crippen LogP contribution in [0.2, 0.25) is 0 Å². The first-order valence-electron chi connectivity index (χ1n) is 10.1. The average Bonchev–Trinajstić information content (AvgIpc) is 2.71. The molecule has 27 heavy (non-hydrogen) atoms. The van der Waals surface area contributed by atoms with E-state index >= 15 is 0 Å². The largest absolute Gasteiger partial charge is 0.342 e. The van der Waals surface area contributed by atoms with Crippen molar-refractivity contribution in [3.8, 4) is 0 Å². The van der Waals surface area contributed by atoms with E-state index in [4.69, 9.17) is 0 Å². The van der Waals surface area contributed by atoms with Gasteiger partial charge in [-0.2, -0.15) is 0 Å². The van der Waals surface area contributed by atoms with Crippen molar-refractivity contribution in [2.45, 2.75) is 50.7 Å². The van der Waals surface area contributed by atoms with Crippen LogP contribution in [-0.2, 0) is 11.3 Å². The van der Waals surface area contributed by atoms with Gasteiger partial charge in [0.25, 0.3) is 5.56 Å². The van der Waals surface area contributed by atoms with Gasteiger partial charge in [-0.05, 0) is 43.7 Å². The van der Waals surface area contributed by atoms with Crippen molar-refractivity contribution in [1.82, 2.24) is 14.5 Å². The molecule has 2 heterocycles. The third-order valence-electron chi connectivity index (χ3n) is 6.11.